The van der Waals surface area contributed by atoms with Crippen molar-refractivity contribution in [1.82, 2.24) is 4.90 Å². The lowest BCUT2D eigenvalue weighted by Crippen LogP contribution is -2.41. The number of carbonyl (C=O) groups excluding carboxylic acids is 3. The largest absolute Gasteiger partial charge is 0.478 e. The molecular formula is C23H44NO9P. The van der Waals surface area contributed by atoms with E-state index >= 15 is 0 Å². The number of hydrogen-bond acceptors (Lipinski definition) is 9. The van der Waals surface area contributed by atoms with Gasteiger partial charge in [-0.1, -0.05) is 13.8 Å². The number of amides is 1. The molecule has 10 nitrogen and oxygen atoms in total. The van der Waals surface area contributed by atoms with Crippen molar-refractivity contribution in [2.45, 2.75) is 106 Å². The van der Waals surface area contributed by atoms with E-state index in [-0.39, 0.29) is 12.3 Å². The van der Waals surface area contributed by atoms with Gasteiger partial charge in [-0.25, -0.2) is 13.9 Å². The Hall–Kier alpha value is -1.48. The van der Waals surface area contributed by atoms with Gasteiger partial charge in [-0.15, -0.1) is 0 Å². The standard InChI is InChI=1S/C23H44NO9P/c1-17(25)23(11,12)13-14-24(15-18(26)31-20(2,3)4)19(27)29-16-30-34(28,32-21(5,6)7)33-22(8,9)10/h13-16H2,1-12H3. The van der Waals surface area contributed by atoms with Crippen LogP contribution in [0.5, 0.6) is 0 Å². The average Bonchev–Trinajstić information content (AvgIpc) is 2.52. The van der Waals surface area contributed by atoms with Crippen molar-refractivity contribution < 1.29 is 42.0 Å². The van der Waals surface area contributed by atoms with E-state index in [0.717, 1.165) is 4.90 Å². The number of phosphoric acid groups is 1. The number of Topliss-reactive ketones (excluding diaryl/α,β-unsaturated/α-hetero) is 1. The molecule has 34 heavy (non-hydrogen) atoms. The molecule has 0 aliphatic heterocycles. The molecule has 0 spiro atoms. The van der Waals surface area contributed by atoms with E-state index in [0.29, 0.717) is 6.42 Å². The molecule has 0 saturated carbocycles. The molecule has 0 rings (SSSR count). The van der Waals surface area contributed by atoms with Crippen LogP contribution in [0.1, 0.15) is 89.5 Å². The lowest BCUT2D eigenvalue weighted by atomic mass is 9.85. The molecule has 0 N–H and O–H groups in total. The van der Waals surface area contributed by atoms with Gasteiger partial charge in [0.1, 0.15) is 17.9 Å². The molecule has 200 valence electrons. The third-order valence-corrected chi connectivity index (χ3v) is 6.09. The molecule has 11 heteroatoms. The van der Waals surface area contributed by atoms with Crippen molar-refractivity contribution >= 4 is 25.7 Å². The van der Waals surface area contributed by atoms with Crippen LogP contribution < -0.4 is 0 Å². The summed E-state index contributed by atoms with van der Waals surface area (Å²) < 4.78 is 39.7. The third-order valence-electron chi connectivity index (χ3n) is 4.12. The summed E-state index contributed by atoms with van der Waals surface area (Å²) in [4.78, 5) is 38.0. The second-order valence-electron chi connectivity index (χ2n) is 11.7. The number of carbonyl (C=O) groups is 3. The Kier molecular flexibility index (Phi) is 11.5. The molecule has 0 bridgehead atoms. The number of ketones is 1. The highest BCUT2D eigenvalue weighted by atomic mass is 31.2. The van der Waals surface area contributed by atoms with Gasteiger partial charge in [0.15, 0.2) is 0 Å². The first-order valence-corrected chi connectivity index (χ1v) is 12.7. The van der Waals surface area contributed by atoms with E-state index in [9.17, 15) is 18.9 Å². The molecule has 0 aromatic heterocycles. The number of rotatable bonds is 11. The third kappa shape index (κ3) is 14.7. The fourth-order valence-electron chi connectivity index (χ4n) is 2.33. The maximum absolute atomic E-state index is 13.1. The highest BCUT2D eigenvalue weighted by Crippen LogP contribution is 2.55. The molecule has 0 unspecified atom stereocenters. The predicted octanol–water partition coefficient (Wildman–Crippen LogP) is 5.48. The number of ether oxygens (including phenoxy) is 2. The fourth-order valence-corrected chi connectivity index (χ4v) is 4.00. The minimum atomic E-state index is -4.09. The van der Waals surface area contributed by atoms with Crippen molar-refractivity contribution in [3.63, 3.8) is 0 Å². The first-order chi connectivity index (χ1) is 14.9. The van der Waals surface area contributed by atoms with Gasteiger partial charge in [0.05, 0.1) is 11.2 Å². The second kappa shape index (κ2) is 12.0. The summed E-state index contributed by atoms with van der Waals surface area (Å²) in [5.41, 5.74) is -3.16. The van der Waals surface area contributed by atoms with Gasteiger partial charge in [0.2, 0.25) is 6.79 Å². The Bertz CT molecular complexity index is 738. The quantitative estimate of drug-likeness (QED) is 0.202. The molecule has 0 aliphatic rings. The molecule has 0 aromatic carbocycles. The summed E-state index contributed by atoms with van der Waals surface area (Å²) >= 11 is 0. The molecule has 0 saturated heterocycles. The molecule has 0 radical (unpaired) electrons. The van der Waals surface area contributed by atoms with Crippen LogP contribution in [0, 0.1) is 5.41 Å². The summed E-state index contributed by atoms with van der Waals surface area (Å²) in [6.07, 6.45) is -0.608. The molecule has 0 aliphatic carbocycles. The lowest BCUT2D eigenvalue weighted by molar-refractivity contribution is -0.156. The van der Waals surface area contributed by atoms with E-state index in [1.54, 1.807) is 76.2 Å². The molecule has 1 amide bonds. The van der Waals surface area contributed by atoms with E-state index in [1.165, 1.54) is 6.92 Å². The number of hydrogen-bond donors (Lipinski definition) is 0. The average molecular weight is 510 g/mol. The highest BCUT2D eigenvalue weighted by Gasteiger charge is 2.38. The van der Waals surface area contributed by atoms with Crippen molar-refractivity contribution in [3.05, 3.63) is 0 Å². The van der Waals surface area contributed by atoms with Crippen LogP contribution in [-0.4, -0.2) is 59.4 Å². The van der Waals surface area contributed by atoms with Crippen LogP contribution in [0.3, 0.4) is 0 Å². The van der Waals surface area contributed by atoms with Gasteiger partial charge < -0.3 is 9.47 Å². The summed E-state index contributed by atoms with van der Waals surface area (Å²) in [5, 5.41) is 0. The van der Waals surface area contributed by atoms with Gasteiger partial charge in [-0.2, -0.15) is 0 Å². The van der Waals surface area contributed by atoms with Crippen molar-refractivity contribution in [3.8, 4) is 0 Å². The van der Waals surface area contributed by atoms with Crippen LogP contribution in [0.4, 0.5) is 4.79 Å². The van der Waals surface area contributed by atoms with Crippen molar-refractivity contribution in [2.75, 3.05) is 19.9 Å². The van der Waals surface area contributed by atoms with Crippen LogP contribution in [-0.2, 0) is 37.2 Å². The van der Waals surface area contributed by atoms with Crippen molar-refractivity contribution in [2.24, 2.45) is 5.41 Å². The van der Waals surface area contributed by atoms with Crippen LogP contribution in [0.15, 0.2) is 0 Å². The highest BCUT2D eigenvalue weighted by molar-refractivity contribution is 7.48. The molecule has 0 aromatic rings. The van der Waals surface area contributed by atoms with Crippen molar-refractivity contribution in [1.29, 1.82) is 0 Å². The number of esters is 1. The van der Waals surface area contributed by atoms with Gasteiger partial charge >= 0.3 is 19.9 Å². The maximum atomic E-state index is 13.1. The Morgan fingerprint density at radius 2 is 1.26 bits per heavy atom. The number of phosphoric ester groups is 1. The van der Waals surface area contributed by atoms with Gasteiger partial charge in [0, 0.05) is 12.0 Å². The smallest absolute Gasteiger partial charge is 0.459 e. The van der Waals surface area contributed by atoms with E-state index in [2.05, 4.69) is 0 Å². The first-order valence-electron chi connectivity index (χ1n) is 11.3. The summed E-state index contributed by atoms with van der Waals surface area (Å²) in [6, 6.07) is 0. The zero-order valence-corrected chi connectivity index (χ0v) is 23.8. The van der Waals surface area contributed by atoms with Crippen LogP contribution in [0.25, 0.3) is 0 Å². The maximum Gasteiger partial charge on any atom is 0.478 e. The monoisotopic (exact) mass is 509 g/mol. The minimum Gasteiger partial charge on any atom is -0.459 e. The summed E-state index contributed by atoms with van der Waals surface area (Å²) in [6.45, 7) is 19.1. The molecule has 0 fully saturated rings. The minimum absolute atomic E-state index is 0.0546. The summed E-state index contributed by atoms with van der Waals surface area (Å²) in [7, 11) is -4.09. The fraction of sp³-hybridized carbons (Fsp3) is 0.870. The Balaban J connectivity index is 5.40. The zero-order valence-electron chi connectivity index (χ0n) is 22.9. The van der Waals surface area contributed by atoms with Crippen LogP contribution >= 0.6 is 7.82 Å². The lowest BCUT2D eigenvalue weighted by Gasteiger charge is -2.31. The van der Waals surface area contributed by atoms with E-state index in [4.69, 9.17) is 23.0 Å². The normalized spacial score (nSPS) is 13.4. The zero-order chi connectivity index (χ0) is 27.2. The van der Waals surface area contributed by atoms with E-state index in [1.807, 2.05) is 0 Å². The van der Waals surface area contributed by atoms with Gasteiger partial charge in [-0.05, 0) is 75.7 Å². The molecule has 0 atom stereocenters. The second-order valence-corrected chi connectivity index (χ2v) is 13.2. The van der Waals surface area contributed by atoms with Crippen LogP contribution in [0.2, 0.25) is 0 Å². The topological polar surface area (TPSA) is 118 Å². The number of nitrogens with zero attached hydrogens (tertiary/aromatic N) is 1. The predicted molar refractivity (Wildman–Crippen MR) is 128 cm³/mol. The SMILES string of the molecule is CC(=O)C(C)(C)CCN(CC(=O)OC(C)(C)C)C(=O)OCOP(=O)(OC(C)(C)C)OC(C)(C)C. The first kappa shape index (κ1) is 32.5. The Morgan fingerprint density at radius 3 is 1.65 bits per heavy atom. The Labute approximate surface area is 204 Å². The summed E-state index contributed by atoms with van der Waals surface area (Å²) in [5.74, 6) is -0.690. The van der Waals surface area contributed by atoms with Gasteiger partial charge in [-0.3, -0.25) is 23.5 Å². The molecule has 0 heterocycles. The Morgan fingerprint density at radius 1 is 0.794 bits per heavy atom. The van der Waals surface area contributed by atoms with E-state index < -0.39 is 55.4 Å². The molecular weight excluding hydrogens is 465 g/mol. The van der Waals surface area contributed by atoms with Gasteiger partial charge in [0.25, 0.3) is 0 Å².